The third kappa shape index (κ3) is 8.69. The van der Waals surface area contributed by atoms with Crippen molar-refractivity contribution in [2.24, 2.45) is 17.6 Å². The predicted molar refractivity (Wildman–Crippen MR) is 155 cm³/mol. The summed E-state index contributed by atoms with van der Waals surface area (Å²) in [7, 11) is 1.67. The van der Waals surface area contributed by atoms with Gasteiger partial charge >= 0.3 is 0 Å². The molecule has 3 aromatic rings. The molecule has 0 aliphatic heterocycles. The first-order valence-corrected chi connectivity index (χ1v) is 11.4. The molecule has 0 spiro atoms. The molecule has 8 nitrogen and oxygen atoms in total. The summed E-state index contributed by atoms with van der Waals surface area (Å²) < 4.78 is 5.42. The second-order valence-electron chi connectivity index (χ2n) is 8.46. The largest absolute Gasteiger partial charge is 0.497 e. The predicted octanol–water partition coefficient (Wildman–Crippen LogP) is 5.17. The van der Waals surface area contributed by atoms with E-state index in [-0.39, 0.29) is 43.2 Å². The van der Waals surface area contributed by atoms with Crippen LogP contribution in [-0.2, 0) is 0 Å². The topological polar surface area (TPSA) is 122 Å². The molecule has 2 heterocycles. The molecule has 1 fully saturated rings. The lowest BCUT2D eigenvalue weighted by molar-refractivity contribution is 0.283. The molecule has 0 radical (unpaired) electrons. The monoisotopic (exact) mass is 553 g/mol. The molecule has 1 aliphatic carbocycles. The highest BCUT2D eigenvalue weighted by molar-refractivity contribution is 5.91. The number of nitrogens with one attached hydrogen (secondary N) is 3. The maximum absolute atomic E-state index is 7.33. The molecule has 5 N–H and O–H groups in total. The van der Waals surface area contributed by atoms with Crippen molar-refractivity contribution >= 4 is 72.1 Å². The van der Waals surface area contributed by atoms with E-state index >= 15 is 0 Å². The molecule has 0 bridgehead atoms. The van der Waals surface area contributed by atoms with Crippen molar-refractivity contribution in [3.63, 3.8) is 0 Å². The second-order valence-corrected chi connectivity index (χ2v) is 8.46. The fourth-order valence-corrected chi connectivity index (χ4v) is 4.23. The van der Waals surface area contributed by atoms with Crippen molar-refractivity contribution in [2.45, 2.75) is 25.7 Å². The molecule has 1 saturated carbocycles. The Bertz CT molecular complexity index is 1120. The van der Waals surface area contributed by atoms with E-state index in [4.69, 9.17) is 25.8 Å². The number of fused-ring (bicyclic) bond motifs is 1. The minimum absolute atomic E-state index is 0. The van der Waals surface area contributed by atoms with Crippen LogP contribution in [0.5, 0.6) is 5.75 Å². The SMILES string of the molecule is COc1ccc2nc(C=Cc3ccccn3)nc(NC[C@H]3CC[C@H](CNC(=N)N)CC3)c2c1.Cl.Cl.Cl. The lowest BCUT2D eigenvalue weighted by Gasteiger charge is -2.29. The Balaban J connectivity index is 0.00000216. The molecule has 4 rings (SSSR count). The van der Waals surface area contributed by atoms with Crippen LogP contribution in [0.25, 0.3) is 23.1 Å². The van der Waals surface area contributed by atoms with Gasteiger partial charge in [0.15, 0.2) is 11.8 Å². The summed E-state index contributed by atoms with van der Waals surface area (Å²) in [6.45, 7) is 1.65. The lowest BCUT2D eigenvalue weighted by Crippen LogP contribution is -2.36. The Morgan fingerprint density at radius 2 is 1.75 bits per heavy atom. The smallest absolute Gasteiger partial charge is 0.185 e. The van der Waals surface area contributed by atoms with E-state index in [1.807, 2.05) is 48.6 Å². The standard InChI is InChI=1S/C25H31N7O.3ClH/c1-33-20-10-11-22-21(14-20)24(32-23(31-22)12-9-19-4-2-3-13-28-19)29-15-17-5-7-18(8-6-17)16-30-25(26)27;;;/h2-4,9-14,17-18H,5-8,15-16H2,1H3,(H4,26,27,30)(H,29,31,32);3*1H/t17-,18-;;;. The molecule has 1 aliphatic rings. The van der Waals surface area contributed by atoms with Gasteiger partial charge < -0.3 is 21.1 Å². The third-order valence-corrected chi connectivity index (χ3v) is 6.12. The second kappa shape index (κ2) is 15.3. The highest BCUT2D eigenvalue weighted by atomic mass is 35.5. The van der Waals surface area contributed by atoms with Crippen LogP contribution in [-0.4, -0.2) is 41.1 Å². The molecule has 11 heteroatoms. The van der Waals surface area contributed by atoms with Crippen molar-refractivity contribution in [2.75, 3.05) is 25.5 Å². The summed E-state index contributed by atoms with van der Waals surface area (Å²) in [6.07, 6.45) is 10.2. The van der Waals surface area contributed by atoms with E-state index in [0.29, 0.717) is 17.7 Å². The molecule has 0 saturated heterocycles. The van der Waals surface area contributed by atoms with Gasteiger partial charge in [-0.25, -0.2) is 9.97 Å². The zero-order valence-corrected chi connectivity index (χ0v) is 22.6. The minimum Gasteiger partial charge on any atom is -0.497 e. The lowest BCUT2D eigenvalue weighted by atomic mass is 9.82. The Morgan fingerprint density at radius 1 is 1.03 bits per heavy atom. The molecule has 1 aromatic carbocycles. The number of pyridine rings is 1. The van der Waals surface area contributed by atoms with E-state index in [2.05, 4.69) is 15.6 Å². The van der Waals surface area contributed by atoms with Crippen LogP contribution in [0.3, 0.4) is 0 Å². The number of hydrogen-bond donors (Lipinski definition) is 4. The van der Waals surface area contributed by atoms with Crippen LogP contribution < -0.4 is 21.1 Å². The summed E-state index contributed by atoms with van der Waals surface area (Å²) >= 11 is 0. The third-order valence-electron chi connectivity index (χ3n) is 6.12. The van der Waals surface area contributed by atoms with Gasteiger partial charge in [-0.15, -0.1) is 37.2 Å². The van der Waals surface area contributed by atoms with Crippen molar-refractivity contribution < 1.29 is 4.74 Å². The fourth-order valence-electron chi connectivity index (χ4n) is 4.23. The quantitative estimate of drug-likeness (QED) is 0.224. The van der Waals surface area contributed by atoms with Gasteiger partial charge in [0.25, 0.3) is 0 Å². The minimum atomic E-state index is 0. The van der Waals surface area contributed by atoms with Crippen LogP contribution in [0.1, 0.15) is 37.2 Å². The molecule has 2 aromatic heterocycles. The van der Waals surface area contributed by atoms with Gasteiger partial charge in [-0.1, -0.05) is 6.07 Å². The number of methoxy groups -OCH3 is 1. The Kier molecular flexibility index (Phi) is 13.3. The number of nitrogens with zero attached hydrogens (tertiary/aromatic N) is 3. The first-order valence-electron chi connectivity index (χ1n) is 11.4. The Morgan fingerprint density at radius 3 is 2.39 bits per heavy atom. The molecule has 0 atom stereocenters. The Labute approximate surface area is 230 Å². The van der Waals surface area contributed by atoms with Gasteiger partial charge in [-0.2, -0.15) is 0 Å². The first kappa shape index (κ1) is 31.2. The maximum Gasteiger partial charge on any atom is 0.185 e. The summed E-state index contributed by atoms with van der Waals surface area (Å²) in [6, 6.07) is 11.7. The normalized spacial score (nSPS) is 16.8. The van der Waals surface area contributed by atoms with Crippen LogP contribution >= 0.6 is 37.2 Å². The number of aromatic nitrogens is 3. The maximum atomic E-state index is 7.33. The van der Waals surface area contributed by atoms with Gasteiger partial charge in [0.05, 0.1) is 18.3 Å². The highest BCUT2D eigenvalue weighted by Crippen LogP contribution is 2.30. The number of hydrogen-bond acceptors (Lipinski definition) is 6. The Hall–Kier alpha value is -2.81. The summed E-state index contributed by atoms with van der Waals surface area (Å²) in [5, 5.41) is 14.8. The van der Waals surface area contributed by atoms with Gasteiger partial charge in [0.1, 0.15) is 11.6 Å². The zero-order chi connectivity index (χ0) is 23.0. The summed E-state index contributed by atoms with van der Waals surface area (Å²) in [4.78, 5) is 13.8. The van der Waals surface area contributed by atoms with E-state index in [0.717, 1.165) is 66.9 Å². The van der Waals surface area contributed by atoms with E-state index in [1.54, 1.807) is 13.3 Å². The molecule has 36 heavy (non-hydrogen) atoms. The highest BCUT2D eigenvalue weighted by Gasteiger charge is 2.21. The van der Waals surface area contributed by atoms with Crippen molar-refractivity contribution in [1.29, 1.82) is 5.41 Å². The summed E-state index contributed by atoms with van der Waals surface area (Å²) in [5.74, 6) is 3.46. The molecule has 196 valence electrons. The van der Waals surface area contributed by atoms with E-state index < -0.39 is 0 Å². The van der Waals surface area contributed by atoms with Crippen LogP contribution in [0.2, 0.25) is 0 Å². The molecular formula is C25H34Cl3N7O. The number of guanidine groups is 1. The van der Waals surface area contributed by atoms with Crippen molar-refractivity contribution in [3.05, 3.63) is 54.1 Å². The summed E-state index contributed by atoms with van der Waals surface area (Å²) in [5.41, 5.74) is 7.15. The van der Waals surface area contributed by atoms with Crippen LogP contribution in [0.15, 0.2) is 42.6 Å². The zero-order valence-electron chi connectivity index (χ0n) is 20.1. The van der Waals surface area contributed by atoms with Crippen molar-refractivity contribution in [1.82, 2.24) is 20.3 Å². The van der Waals surface area contributed by atoms with Gasteiger partial charge in [-0.3, -0.25) is 10.4 Å². The van der Waals surface area contributed by atoms with E-state index in [9.17, 15) is 0 Å². The molecule has 0 amide bonds. The average molecular weight is 555 g/mol. The number of ether oxygens (including phenoxy) is 1. The van der Waals surface area contributed by atoms with Gasteiger partial charge in [0.2, 0.25) is 0 Å². The fraction of sp³-hybridized carbons (Fsp3) is 0.360. The molecule has 0 unspecified atom stereocenters. The average Bonchev–Trinajstić information content (AvgIpc) is 2.85. The van der Waals surface area contributed by atoms with Crippen LogP contribution in [0.4, 0.5) is 5.82 Å². The number of nitrogens with two attached hydrogens (primary N) is 1. The van der Waals surface area contributed by atoms with Gasteiger partial charge in [-0.05, 0) is 80.0 Å². The number of halogens is 3. The first-order chi connectivity index (χ1) is 16.1. The van der Waals surface area contributed by atoms with Gasteiger partial charge in [0, 0.05) is 24.7 Å². The van der Waals surface area contributed by atoms with Crippen LogP contribution in [0, 0.1) is 17.2 Å². The number of rotatable bonds is 8. The molecular weight excluding hydrogens is 521 g/mol. The van der Waals surface area contributed by atoms with Crippen molar-refractivity contribution in [3.8, 4) is 5.75 Å². The number of benzene rings is 1. The number of anilines is 1. The van der Waals surface area contributed by atoms with E-state index in [1.165, 1.54) is 0 Å².